The summed E-state index contributed by atoms with van der Waals surface area (Å²) in [6, 6.07) is 6.22. The molecule has 1 saturated carbocycles. The lowest BCUT2D eigenvalue weighted by Crippen LogP contribution is -2.17. The Morgan fingerprint density at radius 2 is 2.17 bits per heavy atom. The zero-order chi connectivity index (χ0) is 15.8. The predicted octanol–water partition coefficient (Wildman–Crippen LogP) is 2.50. The number of hydrogen-bond acceptors (Lipinski definition) is 7. The number of hydrogen-bond donors (Lipinski definition) is 3. The lowest BCUT2D eigenvalue weighted by atomic mass is 10.3. The average molecular weight is 326 g/mol. The third kappa shape index (κ3) is 2.93. The van der Waals surface area contributed by atoms with Gasteiger partial charge in [-0.05, 0) is 31.0 Å². The lowest BCUT2D eigenvalue weighted by Gasteiger charge is -2.10. The van der Waals surface area contributed by atoms with Crippen LogP contribution >= 0.6 is 11.3 Å². The molecular formula is C15H14N6OS. The Hall–Kier alpha value is -2.74. The lowest BCUT2D eigenvalue weighted by molar-refractivity contribution is 0.100. The molecule has 0 atom stereocenters. The fraction of sp³-hybridized carbons (Fsp3) is 0.200. The van der Waals surface area contributed by atoms with Crippen LogP contribution in [0.25, 0.3) is 10.2 Å². The van der Waals surface area contributed by atoms with Gasteiger partial charge in [0.05, 0.1) is 21.3 Å². The SMILES string of the molecule is NC(=O)c1cnc(Nc2ccc3ncsc3c2)nc1NC1CC1. The van der Waals surface area contributed by atoms with E-state index < -0.39 is 5.91 Å². The first kappa shape index (κ1) is 13.9. The van der Waals surface area contributed by atoms with Crippen molar-refractivity contribution in [1.82, 2.24) is 15.0 Å². The molecule has 2 heterocycles. The van der Waals surface area contributed by atoms with Crippen LogP contribution in [-0.4, -0.2) is 26.9 Å². The van der Waals surface area contributed by atoms with Crippen molar-refractivity contribution in [2.75, 3.05) is 10.6 Å². The third-order valence-corrected chi connectivity index (χ3v) is 4.35. The number of rotatable bonds is 5. The van der Waals surface area contributed by atoms with Crippen molar-refractivity contribution >= 4 is 44.9 Å². The maximum atomic E-state index is 11.5. The first-order chi connectivity index (χ1) is 11.2. The number of carbonyl (C=O) groups excluding carboxylic acids is 1. The maximum absolute atomic E-state index is 11.5. The summed E-state index contributed by atoms with van der Waals surface area (Å²) >= 11 is 1.57. The first-order valence-electron chi connectivity index (χ1n) is 7.23. The summed E-state index contributed by atoms with van der Waals surface area (Å²) in [7, 11) is 0. The van der Waals surface area contributed by atoms with Crippen molar-refractivity contribution in [3.8, 4) is 0 Å². The van der Waals surface area contributed by atoms with E-state index >= 15 is 0 Å². The second kappa shape index (κ2) is 5.47. The van der Waals surface area contributed by atoms with Crippen molar-refractivity contribution in [1.29, 1.82) is 0 Å². The number of nitrogens with two attached hydrogens (primary N) is 1. The molecule has 0 radical (unpaired) electrons. The zero-order valence-electron chi connectivity index (χ0n) is 12.1. The van der Waals surface area contributed by atoms with Crippen LogP contribution in [-0.2, 0) is 0 Å². The van der Waals surface area contributed by atoms with Gasteiger partial charge in [-0.15, -0.1) is 11.3 Å². The number of nitrogens with one attached hydrogen (secondary N) is 2. The van der Waals surface area contributed by atoms with Gasteiger partial charge in [0.25, 0.3) is 5.91 Å². The standard InChI is InChI=1S/C15H14N6OS/c16-13(22)10-6-17-15(21-14(10)19-8-1-2-8)20-9-3-4-11-12(5-9)23-7-18-11/h3-8H,1-2H2,(H2,16,22)(H2,17,19,20,21). The van der Waals surface area contributed by atoms with Gasteiger partial charge in [-0.3, -0.25) is 4.79 Å². The largest absolute Gasteiger partial charge is 0.367 e. The van der Waals surface area contributed by atoms with Gasteiger partial charge in [0.15, 0.2) is 0 Å². The molecule has 3 aromatic rings. The molecule has 0 bridgehead atoms. The van der Waals surface area contributed by atoms with Gasteiger partial charge in [-0.2, -0.15) is 4.98 Å². The molecule has 1 fully saturated rings. The molecule has 2 aromatic heterocycles. The van der Waals surface area contributed by atoms with E-state index in [1.54, 1.807) is 11.3 Å². The maximum Gasteiger partial charge on any atom is 0.254 e. The van der Waals surface area contributed by atoms with Crippen molar-refractivity contribution in [2.24, 2.45) is 5.73 Å². The van der Waals surface area contributed by atoms with Crippen LogP contribution < -0.4 is 16.4 Å². The quantitative estimate of drug-likeness (QED) is 0.665. The highest BCUT2D eigenvalue weighted by Gasteiger charge is 2.24. The minimum absolute atomic E-state index is 0.306. The highest BCUT2D eigenvalue weighted by Crippen LogP contribution is 2.27. The molecule has 1 aromatic carbocycles. The molecule has 0 spiro atoms. The van der Waals surface area contributed by atoms with Crippen LogP contribution in [0.3, 0.4) is 0 Å². The number of aromatic nitrogens is 3. The van der Waals surface area contributed by atoms with Crippen LogP contribution in [0.2, 0.25) is 0 Å². The number of primary amides is 1. The summed E-state index contributed by atoms with van der Waals surface area (Å²) in [5.74, 6) is 0.365. The molecule has 4 rings (SSSR count). The van der Waals surface area contributed by atoms with Crippen molar-refractivity contribution < 1.29 is 4.79 Å². The van der Waals surface area contributed by atoms with Crippen LogP contribution in [0.5, 0.6) is 0 Å². The van der Waals surface area contributed by atoms with E-state index in [2.05, 4.69) is 25.6 Å². The molecule has 0 aliphatic heterocycles. The van der Waals surface area contributed by atoms with Crippen molar-refractivity contribution in [3.63, 3.8) is 0 Å². The van der Waals surface area contributed by atoms with Gasteiger partial charge < -0.3 is 16.4 Å². The van der Waals surface area contributed by atoms with E-state index in [4.69, 9.17) is 5.73 Å². The zero-order valence-corrected chi connectivity index (χ0v) is 12.9. The van der Waals surface area contributed by atoms with Crippen molar-refractivity contribution in [3.05, 3.63) is 35.5 Å². The minimum atomic E-state index is -0.536. The number of nitrogens with zero attached hydrogens (tertiary/aromatic N) is 3. The number of carbonyl (C=O) groups is 1. The van der Waals surface area contributed by atoms with E-state index in [-0.39, 0.29) is 0 Å². The first-order valence-corrected chi connectivity index (χ1v) is 8.10. The molecule has 8 heteroatoms. The normalized spacial score (nSPS) is 13.9. The van der Waals surface area contributed by atoms with Gasteiger partial charge in [0.1, 0.15) is 5.82 Å². The van der Waals surface area contributed by atoms with Crippen LogP contribution in [0.4, 0.5) is 17.5 Å². The van der Waals surface area contributed by atoms with E-state index in [1.165, 1.54) is 6.20 Å². The van der Waals surface area contributed by atoms with Crippen LogP contribution in [0, 0.1) is 0 Å². The summed E-state index contributed by atoms with van der Waals surface area (Å²) < 4.78 is 1.08. The van der Waals surface area contributed by atoms with Gasteiger partial charge in [0.2, 0.25) is 5.95 Å². The number of fused-ring (bicyclic) bond motifs is 1. The Morgan fingerprint density at radius 1 is 1.30 bits per heavy atom. The Morgan fingerprint density at radius 3 is 2.96 bits per heavy atom. The average Bonchev–Trinajstić information content (AvgIpc) is 3.22. The van der Waals surface area contributed by atoms with Crippen LogP contribution in [0.1, 0.15) is 23.2 Å². The Labute approximate surface area is 136 Å². The van der Waals surface area contributed by atoms with E-state index in [9.17, 15) is 4.79 Å². The van der Waals surface area contributed by atoms with Gasteiger partial charge in [-0.25, -0.2) is 9.97 Å². The van der Waals surface area contributed by atoms with Gasteiger partial charge in [0, 0.05) is 17.9 Å². The Kier molecular flexibility index (Phi) is 3.30. The summed E-state index contributed by atoms with van der Waals surface area (Å²) in [6.07, 6.45) is 3.60. The second-order valence-electron chi connectivity index (χ2n) is 5.40. The van der Waals surface area contributed by atoms with E-state index in [0.717, 1.165) is 28.7 Å². The fourth-order valence-corrected chi connectivity index (χ4v) is 2.93. The number of thiazole rings is 1. The fourth-order valence-electron chi connectivity index (χ4n) is 2.22. The molecule has 7 nitrogen and oxygen atoms in total. The molecule has 23 heavy (non-hydrogen) atoms. The van der Waals surface area contributed by atoms with E-state index in [1.807, 2.05) is 23.7 Å². The molecule has 0 unspecified atom stereocenters. The monoisotopic (exact) mass is 326 g/mol. The molecule has 1 aliphatic rings. The number of anilines is 3. The minimum Gasteiger partial charge on any atom is -0.367 e. The summed E-state index contributed by atoms with van der Waals surface area (Å²) in [5, 5.41) is 6.37. The summed E-state index contributed by atoms with van der Waals surface area (Å²) in [5.41, 5.74) is 9.32. The number of amides is 1. The van der Waals surface area contributed by atoms with Gasteiger partial charge in [-0.1, -0.05) is 0 Å². The molecule has 116 valence electrons. The summed E-state index contributed by atoms with van der Waals surface area (Å²) in [4.78, 5) is 24.3. The molecule has 0 saturated heterocycles. The number of benzene rings is 1. The highest BCUT2D eigenvalue weighted by molar-refractivity contribution is 7.16. The topological polar surface area (TPSA) is 106 Å². The molecule has 1 aliphatic carbocycles. The Bertz CT molecular complexity index is 889. The molecule has 1 amide bonds. The van der Waals surface area contributed by atoms with Gasteiger partial charge >= 0.3 is 0 Å². The highest BCUT2D eigenvalue weighted by atomic mass is 32.1. The van der Waals surface area contributed by atoms with E-state index in [0.29, 0.717) is 23.4 Å². The molecular weight excluding hydrogens is 312 g/mol. The second-order valence-corrected chi connectivity index (χ2v) is 6.28. The summed E-state index contributed by atoms with van der Waals surface area (Å²) in [6.45, 7) is 0. The molecule has 4 N–H and O–H groups in total. The van der Waals surface area contributed by atoms with Crippen LogP contribution in [0.15, 0.2) is 29.9 Å². The van der Waals surface area contributed by atoms with Crippen molar-refractivity contribution in [2.45, 2.75) is 18.9 Å². The smallest absolute Gasteiger partial charge is 0.254 e. The predicted molar refractivity (Wildman–Crippen MR) is 90.1 cm³/mol. The Balaban J connectivity index is 1.63. The third-order valence-electron chi connectivity index (χ3n) is 3.56.